The highest BCUT2D eigenvalue weighted by Crippen LogP contribution is 2.29. The zero-order valence-corrected chi connectivity index (χ0v) is 11.6. The van der Waals surface area contributed by atoms with Crippen molar-refractivity contribution in [2.75, 3.05) is 18.1 Å². The van der Waals surface area contributed by atoms with Gasteiger partial charge >= 0.3 is 0 Å². The summed E-state index contributed by atoms with van der Waals surface area (Å²) in [5.41, 5.74) is 4.07. The Kier molecular flexibility index (Phi) is 3.89. The molecule has 0 saturated heterocycles. The van der Waals surface area contributed by atoms with Crippen molar-refractivity contribution in [3.63, 3.8) is 0 Å². The maximum absolute atomic E-state index is 13.7. The standard InChI is InChI=1S/C18H16FNO/c19-17-11-14(4-3-9-21)10-15(12-17)13-20-8-7-16-5-1-2-6-18(16)20/h1-2,5-6,10-12,21H,7-9,13H2. The summed E-state index contributed by atoms with van der Waals surface area (Å²) in [6.45, 7) is 1.40. The third kappa shape index (κ3) is 3.07. The first-order valence-corrected chi connectivity index (χ1v) is 6.98. The Morgan fingerprint density at radius 2 is 2.05 bits per heavy atom. The average molecular weight is 281 g/mol. The van der Waals surface area contributed by atoms with Crippen LogP contribution >= 0.6 is 0 Å². The summed E-state index contributed by atoms with van der Waals surface area (Å²) in [6, 6.07) is 13.1. The van der Waals surface area contributed by atoms with E-state index >= 15 is 0 Å². The molecule has 0 aliphatic carbocycles. The lowest BCUT2D eigenvalue weighted by Gasteiger charge is -2.19. The molecule has 106 valence electrons. The number of benzene rings is 2. The summed E-state index contributed by atoms with van der Waals surface area (Å²) in [4.78, 5) is 2.26. The number of rotatable bonds is 2. The van der Waals surface area contributed by atoms with Crippen molar-refractivity contribution in [3.8, 4) is 11.8 Å². The van der Waals surface area contributed by atoms with Gasteiger partial charge in [-0.25, -0.2) is 4.39 Å². The van der Waals surface area contributed by atoms with Gasteiger partial charge in [-0.3, -0.25) is 0 Å². The van der Waals surface area contributed by atoms with Crippen LogP contribution in [0.5, 0.6) is 0 Å². The van der Waals surface area contributed by atoms with Gasteiger partial charge in [0.2, 0.25) is 0 Å². The summed E-state index contributed by atoms with van der Waals surface area (Å²) in [5, 5.41) is 8.73. The van der Waals surface area contributed by atoms with E-state index in [1.54, 1.807) is 6.07 Å². The van der Waals surface area contributed by atoms with Crippen LogP contribution in [0.4, 0.5) is 10.1 Å². The van der Waals surface area contributed by atoms with Gasteiger partial charge in [-0.2, -0.15) is 0 Å². The largest absolute Gasteiger partial charge is 0.384 e. The lowest BCUT2D eigenvalue weighted by atomic mass is 10.1. The fourth-order valence-electron chi connectivity index (χ4n) is 2.75. The minimum Gasteiger partial charge on any atom is -0.384 e. The van der Waals surface area contributed by atoms with Gasteiger partial charge in [-0.1, -0.05) is 30.0 Å². The first-order chi connectivity index (χ1) is 10.3. The van der Waals surface area contributed by atoms with Crippen LogP contribution in [0.1, 0.15) is 16.7 Å². The van der Waals surface area contributed by atoms with Crippen LogP contribution in [-0.2, 0) is 13.0 Å². The molecule has 21 heavy (non-hydrogen) atoms. The lowest BCUT2D eigenvalue weighted by Crippen LogP contribution is -2.19. The molecule has 0 radical (unpaired) electrons. The molecule has 0 unspecified atom stereocenters. The van der Waals surface area contributed by atoms with E-state index in [9.17, 15) is 4.39 Å². The zero-order chi connectivity index (χ0) is 14.7. The van der Waals surface area contributed by atoms with Crippen LogP contribution in [-0.4, -0.2) is 18.3 Å². The van der Waals surface area contributed by atoms with Gasteiger partial charge < -0.3 is 10.0 Å². The maximum atomic E-state index is 13.7. The number of halogens is 1. The predicted octanol–water partition coefficient (Wildman–Crippen LogP) is 2.73. The van der Waals surface area contributed by atoms with Gasteiger partial charge in [0.1, 0.15) is 12.4 Å². The molecule has 0 aromatic heterocycles. The lowest BCUT2D eigenvalue weighted by molar-refractivity contribution is 0.350. The quantitative estimate of drug-likeness (QED) is 0.856. The molecule has 2 aromatic carbocycles. The smallest absolute Gasteiger partial charge is 0.124 e. The van der Waals surface area contributed by atoms with E-state index in [0.717, 1.165) is 18.5 Å². The third-order valence-electron chi connectivity index (χ3n) is 3.63. The van der Waals surface area contributed by atoms with Crippen molar-refractivity contribution in [1.29, 1.82) is 0 Å². The molecule has 0 spiro atoms. The fourth-order valence-corrected chi connectivity index (χ4v) is 2.75. The highest BCUT2D eigenvalue weighted by molar-refractivity contribution is 5.58. The minimum absolute atomic E-state index is 0.217. The molecule has 0 saturated carbocycles. The van der Waals surface area contributed by atoms with E-state index in [1.165, 1.54) is 17.3 Å². The Balaban J connectivity index is 1.84. The number of hydrogen-bond acceptors (Lipinski definition) is 2. The second-order valence-corrected chi connectivity index (χ2v) is 5.11. The van der Waals surface area contributed by atoms with E-state index in [2.05, 4.69) is 28.9 Å². The van der Waals surface area contributed by atoms with Crippen molar-refractivity contribution < 1.29 is 9.50 Å². The summed E-state index contributed by atoms with van der Waals surface area (Å²) in [5.74, 6) is 5.03. The van der Waals surface area contributed by atoms with E-state index < -0.39 is 0 Å². The van der Waals surface area contributed by atoms with Gasteiger partial charge in [-0.05, 0) is 41.8 Å². The van der Waals surface area contributed by atoms with E-state index in [-0.39, 0.29) is 12.4 Å². The number of fused-ring (bicyclic) bond motifs is 1. The van der Waals surface area contributed by atoms with Crippen molar-refractivity contribution in [3.05, 3.63) is 65.0 Å². The van der Waals surface area contributed by atoms with E-state index in [1.807, 2.05) is 18.2 Å². The first kappa shape index (κ1) is 13.7. The Labute approximate surface area is 123 Å². The summed E-state index contributed by atoms with van der Waals surface area (Å²) in [7, 11) is 0. The number of anilines is 1. The minimum atomic E-state index is -0.290. The second-order valence-electron chi connectivity index (χ2n) is 5.11. The Morgan fingerprint density at radius 3 is 2.90 bits per heavy atom. The number of aliphatic hydroxyl groups excluding tert-OH is 1. The number of aliphatic hydroxyl groups is 1. The molecule has 3 heteroatoms. The van der Waals surface area contributed by atoms with E-state index in [4.69, 9.17) is 5.11 Å². The van der Waals surface area contributed by atoms with Crippen molar-refractivity contribution in [1.82, 2.24) is 0 Å². The monoisotopic (exact) mass is 281 g/mol. The molecule has 0 fully saturated rings. The average Bonchev–Trinajstić information content (AvgIpc) is 2.88. The van der Waals surface area contributed by atoms with Gasteiger partial charge in [0, 0.05) is 24.3 Å². The first-order valence-electron chi connectivity index (χ1n) is 6.98. The van der Waals surface area contributed by atoms with Crippen LogP contribution in [0.15, 0.2) is 42.5 Å². The topological polar surface area (TPSA) is 23.5 Å². The molecule has 2 aromatic rings. The Morgan fingerprint density at radius 1 is 1.19 bits per heavy atom. The SMILES string of the molecule is OCC#Cc1cc(F)cc(CN2CCc3ccccc32)c1. The zero-order valence-electron chi connectivity index (χ0n) is 11.6. The molecule has 0 atom stereocenters. The number of hydrogen-bond donors (Lipinski definition) is 1. The van der Waals surface area contributed by atoms with Gasteiger partial charge in [0.15, 0.2) is 0 Å². The van der Waals surface area contributed by atoms with Crippen LogP contribution < -0.4 is 4.90 Å². The summed E-state index contributed by atoms with van der Waals surface area (Å²) in [6.07, 6.45) is 1.03. The number of para-hydroxylation sites is 1. The second kappa shape index (κ2) is 5.99. The van der Waals surface area contributed by atoms with Crippen LogP contribution in [0, 0.1) is 17.7 Å². The van der Waals surface area contributed by atoms with Gasteiger partial charge in [-0.15, -0.1) is 0 Å². The summed E-state index contributed by atoms with van der Waals surface area (Å²) >= 11 is 0. The normalized spacial score (nSPS) is 12.8. The molecule has 1 heterocycles. The van der Waals surface area contributed by atoms with Gasteiger partial charge in [0.05, 0.1) is 0 Å². The molecule has 0 amide bonds. The molecule has 1 aliphatic rings. The van der Waals surface area contributed by atoms with Crippen LogP contribution in [0.3, 0.4) is 0 Å². The molecule has 1 aliphatic heterocycles. The van der Waals surface area contributed by atoms with Crippen molar-refractivity contribution in [2.45, 2.75) is 13.0 Å². The highest BCUT2D eigenvalue weighted by Gasteiger charge is 2.18. The van der Waals surface area contributed by atoms with Crippen LogP contribution in [0.2, 0.25) is 0 Å². The molecular weight excluding hydrogens is 265 g/mol. The number of nitrogens with zero attached hydrogens (tertiary/aromatic N) is 1. The molecule has 0 bridgehead atoms. The van der Waals surface area contributed by atoms with E-state index in [0.29, 0.717) is 12.1 Å². The van der Waals surface area contributed by atoms with Crippen LogP contribution in [0.25, 0.3) is 0 Å². The molecular formula is C18H16FNO. The third-order valence-corrected chi connectivity index (χ3v) is 3.63. The summed E-state index contributed by atoms with van der Waals surface area (Å²) < 4.78 is 13.7. The van der Waals surface area contributed by atoms with Crippen molar-refractivity contribution >= 4 is 5.69 Å². The molecule has 2 nitrogen and oxygen atoms in total. The Hall–Kier alpha value is -2.31. The Bertz CT molecular complexity index is 715. The van der Waals surface area contributed by atoms with Gasteiger partial charge in [0.25, 0.3) is 0 Å². The fraction of sp³-hybridized carbons (Fsp3) is 0.222. The predicted molar refractivity (Wildman–Crippen MR) is 81.6 cm³/mol. The highest BCUT2D eigenvalue weighted by atomic mass is 19.1. The maximum Gasteiger partial charge on any atom is 0.124 e. The molecule has 1 N–H and O–H groups in total. The van der Waals surface area contributed by atoms with Crippen molar-refractivity contribution in [2.24, 2.45) is 0 Å². The molecule has 3 rings (SSSR count).